The molecule has 0 unspecified atom stereocenters. The van der Waals surface area contributed by atoms with Crippen LogP contribution in [-0.2, 0) is 11.2 Å². The molecule has 0 aromatic heterocycles. The van der Waals surface area contributed by atoms with E-state index in [1.54, 1.807) is 0 Å². The number of carbonyl (C=O) groups excluding carboxylic acids is 2. The van der Waals surface area contributed by atoms with Gasteiger partial charge in [-0.2, -0.15) is 0 Å². The molecule has 0 atom stereocenters. The molecule has 26 heavy (non-hydrogen) atoms. The van der Waals surface area contributed by atoms with E-state index in [0.29, 0.717) is 13.1 Å². The summed E-state index contributed by atoms with van der Waals surface area (Å²) in [5.74, 6) is 0.308. The molecule has 1 fully saturated rings. The molecule has 0 aliphatic carbocycles. The van der Waals surface area contributed by atoms with Crippen LogP contribution in [0, 0.1) is 12.8 Å². The van der Waals surface area contributed by atoms with Crippen LogP contribution in [0.1, 0.15) is 34.3 Å². The molecular formula is C22H24N2O2. The Balaban J connectivity index is 1.39. The van der Waals surface area contributed by atoms with Crippen LogP contribution >= 0.6 is 0 Å². The topological polar surface area (TPSA) is 40.6 Å². The van der Waals surface area contributed by atoms with Crippen LogP contribution in [-0.4, -0.2) is 36.3 Å². The quantitative estimate of drug-likeness (QED) is 0.834. The Kier molecular flexibility index (Phi) is 4.49. The van der Waals surface area contributed by atoms with Crippen LogP contribution < -0.4 is 4.90 Å². The Morgan fingerprint density at radius 1 is 0.923 bits per heavy atom. The summed E-state index contributed by atoms with van der Waals surface area (Å²) < 4.78 is 0. The second kappa shape index (κ2) is 6.94. The molecule has 4 rings (SSSR count). The molecule has 134 valence electrons. The first-order chi connectivity index (χ1) is 12.6. The Labute approximate surface area is 154 Å². The summed E-state index contributed by atoms with van der Waals surface area (Å²) in [5, 5.41) is 0. The fourth-order valence-electron chi connectivity index (χ4n) is 4.00. The summed E-state index contributed by atoms with van der Waals surface area (Å²) in [6, 6.07) is 15.9. The van der Waals surface area contributed by atoms with Crippen LogP contribution in [0.3, 0.4) is 0 Å². The minimum Gasteiger partial charge on any atom is -0.339 e. The van der Waals surface area contributed by atoms with Crippen molar-refractivity contribution in [1.29, 1.82) is 0 Å². The van der Waals surface area contributed by atoms with Gasteiger partial charge in [0.1, 0.15) is 0 Å². The number of nitrogens with zero attached hydrogens (tertiary/aromatic N) is 2. The van der Waals surface area contributed by atoms with Crippen molar-refractivity contribution in [2.45, 2.75) is 26.2 Å². The average molecular weight is 348 g/mol. The van der Waals surface area contributed by atoms with Crippen LogP contribution in [0.2, 0.25) is 0 Å². The van der Waals surface area contributed by atoms with Crippen molar-refractivity contribution in [3.05, 3.63) is 65.2 Å². The number of aryl methyl sites for hydroxylation is 1. The monoisotopic (exact) mass is 348 g/mol. The fourth-order valence-corrected chi connectivity index (χ4v) is 4.00. The number of para-hydroxylation sites is 1. The fraction of sp³-hybridized carbons (Fsp3) is 0.364. The van der Waals surface area contributed by atoms with Gasteiger partial charge in [0.15, 0.2) is 0 Å². The summed E-state index contributed by atoms with van der Waals surface area (Å²) in [4.78, 5) is 29.4. The number of anilines is 1. The first-order valence-electron chi connectivity index (χ1n) is 9.39. The van der Waals surface area contributed by atoms with Crippen molar-refractivity contribution in [3.8, 4) is 0 Å². The first-order valence-corrected chi connectivity index (χ1v) is 9.39. The molecule has 2 heterocycles. The molecule has 4 heteroatoms. The van der Waals surface area contributed by atoms with Gasteiger partial charge in [0.05, 0.1) is 0 Å². The normalized spacial score (nSPS) is 17.3. The predicted octanol–water partition coefficient (Wildman–Crippen LogP) is 3.44. The van der Waals surface area contributed by atoms with Gasteiger partial charge >= 0.3 is 0 Å². The third-order valence-electron chi connectivity index (χ3n) is 5.58. The van der Waals surface area contributed by atoms with Crippen molar-refractivity contribution in [1.82, 2.24) is 4.90 Å². The van der Waals surface area contributed by atoms with E-state index in [4.69, 9.17) is 0 Å². The van der Waals surface area contributed by atoms with Crippen LogP contribution in [0.5, 0.6) is 0 Å². The molecule has 0 spiro atoms. The second-order valence-corrected chi connectivity index (χ2v) is 7.30. The maximum absolute atomic E-state index is 13.0. The van der Waals surface area contributed by atoms with Crippen molar-refractivity contribution >= 4 is 17.5 Å². The number of hydrogen-bond donors (Lipinski definition) is 0. The highest BCUT2D eigenvalue weighted by atomic mass is 16.2. The standard InChI is InChI=1S/C22H24N2O2/c1-16-6-8-18(9-7-16)21(25)23-13-10-19(11-14-23)22(26)24-15-12-17-4-2-3-5-20(17)24/h2-9,19H,10-15H2,1H3. The molecule has 0 N–H and O–H groups in total. The van der Waals surface area contributed by atoms with Gasteiger partial charge in [-0.25, -0.2) is 0 Å². The number of amides is 2. The van der Waals surface area contributed by atoms with Gasteiger partial charge in [0, 0.05) is 36.8 Å². The third kappa shape index (κ3) is 3.12. The van der Waals surface area contributed by atoms with E-state index in [1.165, 1.54) is 5.56 Å². The van der Waals surface area contributed by atoms with E-state index in [2.05, 4.69) is 6.07 Å². The highest BCUT2D eigenvalue weighted by molar-refractivity contribution is 5.97. The number of piperidine rings is 1. The number of fused-ring (bicyclic) bond motifs is 1. The zero-order valence-corrected chi connectivity index (χ0v) is 15.1. The molecule has 0 bridgehead atoms. The number of benzene rings is 2. The van der Waals surface area contributed by atoms with Crippen LogP contribution in [0.4, 0.5) is 5.69 Å². The average Bonchev–Trinajstić information content (AvgIpc) is 3.12. The lowest BCUT2D eigenvalue weighted by Gasteiger charge is -2.33. The van der Waals surface area contributed by atoms with E-state index in [9.17, 15) is 9.59 Å². The van der Waals surface area contributed by atoms with Crippen molar-refractivity contribution in [3.63, 3.8) is 0 Å². The van der Waals surface area contributed by atoms with E-state index >= 15 is 0 Å². The summed E-state index contributed by atoms with van der Waals surface area (Å²) in [6.07, 6.45) is 2.43. The largest absolute Gasteiger partial charge is 0.339 e. The highest BCUT2D eigenvalue weighted by Gasteiger charge is 2.33. The first kappa shape index (κ1) is 16.8. The summed E-state index contributed by atoms with van der Waals surface area (Å²) in [6.45, 7) is 4.10. The van der Waals surface area contributed by atoms with Crippen LogP contribution in [0.15, 0.2) is 48.5 Å². The van der Waals surface area contributed by atoms with Crippen LogP contribution in [0.25, 0.3) is 0 Å². The zero-order chi connectivity index (χ0) is 18.1. The maximum Gasteiger partial charge on any atom is 0.253 e. The van der Waals surface area contributed by atoms with Gasteiger partial charge in [-0.15, -0.1) is 0 Å². The second-order valence-electron chi connectivity index (χ2n) is 7.30. The summed E-state index contributed by atoms with van der Waals surface area (Å²) in [5.41, 5.74) is 4.20. The van der Waals surface area contributed by atoms with E-state index in [0.717, 1.165) is 42.6 Å². The maximum atomic E-state index is 13.0. The third-order valence-corrected chi connectivity index (χ3v) is 5.58. The number of carbonyl (C=O) groups is 2. The lowest BCUT2D eigenvalue weighted by Crippen LogP contribution is -2.44. The number of likely N-dealkylation sites (tertiary alicyclic amines) is 1. The predicted molar refractivity (Wildman–Crippen MR) is 102 cm³/mol. The molecule has 0 radical (unpaired) electrons. The van der Waals surface area contributed by atoms with E-state index < -0.39 is 0 Å². The van der Waals surface area contributed by atoms with Gasteiger partial charge in [-0.05, 0) is 49.9 Å². The smallest absolute Gasteiger partial charge is 0.253 e. The molecule has 4 nitrogen and oxygen atoms in total. The minimum atomic E-state index is 0.0169. The van der Waals surface area contributed by atoms with Gasteiger partial charge in [-0.3, -0.25) is 9.59 Å². The molecule has 2 aliphatic rings. The summed E-state index contributed by atoms with van der Waals surface area (Å²) in [7, 11) is 0. The highest BCUT2D eigenvalue weighted by Crippen LogP contribution is 2.31. The molecule has 0 saturated carbocycles. The number of hydrogen-bond acceptors (Lipinski definition) is 2. The summed E-state index contributed by atoms with van der Waals surface area (Å²) >= 11 is 0. The van der Waals surface area contributed by atoms with Gasteiger partial charge in [0.25, 0.3) is 5.91 Å². The Morgan fingerprint density at radius 3 is 2.35 bits per heavy atom. The zero-order valence-electron chi connectivity index (χ0n) is 15.1. The molecule has 1 saturated heterocycles. The van der Waals surface area contributed by atoms with Crippen molar-refractivity contribution in [2.24, 2.45) is 5.92 Å². The van der Waals surface area contributed by atoms with Crippen molar-refractivity contribution in [2.75, 3.05) is 24.5 Å². The number of rotatable bonds is 2. The molecular weight excluding hydrogens is 324 g/mol. The van der Waals surface area contributed by atoms with E-state index in [1.807, 2.05) is 59.2 Å². The van der Waals surface area contributed by atoms with E-state index in [-0.39, 0.29) is 17.7 Å². The van der Waals surface area contributed by atoms with Gasteiger partial charge in [-0.1, -0.05) is 35.9 Å². The van der Waals surface area contributed by atoms with Crippen molar-refractivity contribution < 1.29 is 9.59 Å². The van der Waals surface area contributed by atoms with Gasteiger partial charge < -0.3 is 9.80 Å². The Morgan fingerprint density at radius 2 is 1.62 bits per heavy atom. The Bertz CT molecular complexity index is 820. The van der Waals surface area contributed by atoms with Gasteiger partial charge in [0.2, 0.25) is 5.91 Å². The lowest BCUT2D eigenvalue weighted by molar-refractivity contribution is -0.123. The molecule has 2 aromatic carbocycles. The molecule has 2 aliphatic heterocycles. The molecule has 2 aromatic rings. The minimum absolute atomic E-state index is 0.0169. The molecule has 2 amide bonds. The lowest BCUT2D eigenvalue weighted by atomic mass is 9.94. The Hall–Kier alpha value is -2.62. The SMILES string of the molecule is Cc1ccc(C(=O)N2CCC(C(=O)N3CCc4ccccc43)CC2)cc1.